The van der Waals surface area contributed by atoms with Crippen molar-refractivity contribution in [2.45, 2.75) is 25.5 Å². The van der Waals surface area contributed by atoms with Crippen molar-refractivity contribution in [2.24, 2.45) is 0 Å². The van der Waals surface area contributed by atoms with Crippen LogP contribution in [0, 0.1) is 11.3 Å². The van der Waals surface area contributed by atoms with Crippen molar-refractivity contribution in [1.29, 1.82) is 5.26 Å². The zero-order valence-corrected chi connectivity index (χ0v) is 17.9. The molecule has 1 N–H and O–H groups in total. The molecule has 2 aromatic rings. The van der Waals surface area contributed by atoms with Gasteiger partial charge in [-0.25, -0.2) is 4.79 Å². The molecule has 1 aliphatic rings. The molecule has 0 aliphatic carbocycles. The van der Waals surface area contributed by atoms with Crippen molar-refractivity contribution in [3.8, 4) is 6.07 Å². The number of allylic oxidation sites excluding steroid dienone is 2. The van der Waals surface area contributed by atoms with Gasteiger partial charge in [0, 0.05) is 21.3 Å². The van der Waals surface area contributed by atoms with E-state index in [9.17, 15) is 10.1 Å². The summed E-state index contributed by atoms with van der Waals surface area (Å²) in [5.41, 5.74) is 2.30. The Labute approximate surface area is 177 Å². The Morgan fingerprint density at radius 2 is 2.14 bits per heavy atom. The number of thiophene rings is 1. The Balaban J connectivity index is 2.07. The molecule has 0 saturated carbocycles. The van der Waals surface area contributed by atoms with Gasteiger partial charge in [-0.2, -0.15) is 5.26 Å². The highest BCUT2D eigenvalue weighted by Crippen LogP contribution is 2.43. The van der Waals surface area contributed by atoms with Crippen LogP contribution in [-0.4, -0.2) is 12.6 Å². The van der Waals surface area contributed by atoms with Crippen LogP contribution in [0.5, 0.6) is 0 Å². The Morgan fingerprint density at radius 3 is 2.79 bits per heavy atom. The predicted molar refractivity (Wildman–Crippen MR) is 115 cm³/mol. The molecule has 0 fully saturated rings. The number of nitrogens with one attached hydrogen (secondary N) is 1. The summed E-state index contributed by atoms with van der Waals surface area (Å²) < 4.78 is 5.27. The van der Waals surface area contributed by atoms with Crippen LogP contribution in [0.2, 0.25) is 5.02 Å². The highest BCUT2D eigenvalue weighted by molar-refractivity contribution is 8.02. The molecule has 0 unspecified atom stereocenters. The maximum atomic E-state index is 12.7. The van der Waals surface area contributed by atoms with Gasteiger partial charge in [0.05, 0.1) is 34.8 Å². The maximum absolute atomic E-state index is 12.7. The second kappa shape index (κ2) is 9.33. The minimum atomic E-state index is -0.565. The van der Waals surface area contributed by atoms with Crippen molar-refractivity contribution < 1.29 is 9.53 Å². The Hall–Kier alpha value is -2.20. The van der Waals surface area contributed by atoms with Crippen LogP contribution in [0.15, 0.2) is 63.7 Å². The molecule has 0 saturated heterocycles. The van der Waals surface area contributed by atoms with E-state index >= 15 is 0 Å². The number of esters is 1. The van der Waals surface area contributed by atoms with Gasteiger partial charge in [0.1, 0.15) is 0 Å². The lowest BCUT2D eigenvalue weighted by Gasteiger charge is -2.29. The van der Waals surface area contributed by atoms with E-state index in [2.05, 4.69) is 17.5 Å². The third-order valence-electron chi connectivity index (χ3n) is 4.30. The minimum absolute atomic E-state index is 0.260. The summed E-state index contributed by atoms with van der Waals surface area (Å²) in [4.78, 5) is 13.9. The molecule has 1 aromatic heterocycles. The van der Waals surface area contributed by atoms with Crippen LogP contribution in [0.3, 0.4) is 0 Å². The number of nitriles is 1. The number of nitrogens with zero attached hydrogens (tertiary/aromatic N) is 1. The standard InChI is InChI=1S/C21H19ClN2O2S2/c1-3-26-21(25)18-13(2)24-20(28-12-14-7-6-10-27-14)16(11-23)19(18)15-8-4-5-9-17(15)22/h4-10,19,24H,3,12H2,1-2H3/t19-/m1/s1. The minimum Gasteiger partial charge on any atom is -0.463 e. The van der Waals surface area contributed by atoms with E-state index in [0.29, 0.717) is 21.9 Å². The van der Waals surface area contributed by atoms with Gasteiger partial charge in [0.2, 0.25) is 0 Å². The zero-order chi connectivity index (χ0) is 20.1. The summed E-state index contributed by atoms with van der Waals surface area (Å²) in [6.45, 7) is 3.85. The van der Waals surface area contributed by atoms with E-state index in [4.69, 9.17) is 16.3 Å². The number of dihydropyridines is 1. The first-order chi connectivity index (χ1) is 13.6. The van der Waals surface area contributed by atoms with Gasteiger partial charge in [-0.3, -0.25) is 0 Å². The molecule has 1 aliphatic heterocycles. The number of ether oxygens (including phenoxy) is 1. The highest BCUT2D eigenvalue weighted by atomic mass is 35.5. The number of benzene rings is 1. The molecule has 0 spiro atoms. The molecular formula is C21H19ClN2O2S2. The normalized spacial score (nSPS) is 16.6. The summed E-state index contributed by atoms with van der Waals surface area (Å²) in [5.74, 6) is -0.264. The van der Waals surface area contributed by atoms with E-state index < -0.39 is 11.9 Å². The number of hydrogen-bond donors (Lipinski definition) is 1. The fraction of sp³-hybridized carbons (Fsp3) is 0.238. The van der Waals surface area contributed by atoms with Gasteiger partial charge in [-0.15, -0.1) is 23.1 Å². The lowest BCUT2D eigenvalue weighted by atomic mass is 9.82. The fourth-order valence-electron chi connectivity index (χ4n) is 3.06. The summed E-state index contributed by atoms with van der Waals surface area (Å²) in [6, 6.07) is 13.7. The number of carbonyl (C=O) groups is 1. The second-order valence-electron chi connectivity index (χ2n) is 6.06. The van der Waals surface area contributed by atoms with Gasteiger partial charge in [-0.1, -0.05) is 35.9 Å². The Kier molecular flexibility index (Phi) is 6.84. The van der Waals surface area contributed by atoms with Gasteiger partial charge in [-0.05, 0) is 36.9 Å². The van der Waals surface area contributed by atoms with Crippen LogP contribution in [0.4, 0.5) is 0 Å². The molecular weight excluding hydrogens is 412 g/mol. The first kappa shape index (κ1) is 20.5. The smallest absolute Gasteiger partial charge is 0.336 e. The van der Waals surface area contributed by atoms with Crippen LogP contribution in [0.25, 0.3) is 0 Å². The highest BCUT2D eigenvalue weighted by Gasteiger charge is 2.36. The lowest BCUT2D eigenvalue weighted by molar-refractivity contribution is -0.138. The number of hydrogen-bond acceptors (Lipinski definition) is 6. The van der Waals surface area contributed by atoms with E-state index in [1.807, 2.05) is 36.6 Å². The molecule has 1 atom stereocenters. The number of halogens is 1. The van der Waals surface area contributed by atoms with Crippen LogP contribution >= 0.6 is 34.7 Å². The van der Waals surface area contributed by atoms with E-state index in [-0.39, 0.29) is 6.61 Å². The molecule has 1 aromatic carbocycles. The van der Waals surface area contributed by atoms with Crippen molar-refractivity contribution in [2.75, 3.05) is 6.61 Å². The molecule has 0 bridgehead atoms. The first-order valence-electron chi connectivity index (χ1n) is 8.75. The average molecular weight is 431 g/mol. The monoisotopic (exact) mass is 430 g/mol. The predicted octanol–water partition coefficient (Wildman–Crippen LogP) is 5.59. The van der Waals surface area contributed by atoms with Gasteiger partial charge in [0.25, 0.3) is 0 Å². The third kappa shape index (κ3) is 4.27. The van der Waals surface area contributed by atoms with E-state index in [1.54, 1.807) is 36.1 Å². The molecule has 144 valence electrons. The Morgan fingerprint density at radius 1 is 1.36 bits per heavy atom. The molecule has 0 amide bonds. The summed E-state index contributed by atoms with van der Waals surface area (Å²) in [6.07, 6.45) is 0. The Bertz CT molecular complexity index is 975. The molecule has 0 radical (unpaired) electrons. The van der Waals surface area contributed by atoms with Gasteiger partial charge < -0.3 is 10.1 Å². The van der Waals surface area contributed by atoms with E-state index in [1.165, 1.54) is 4.88 Å². The van der Waals surface area contributed by atoms with Crippen molar-refractivity contribution in [3.05, 3.63) is 79.1 Å². The number of carbonyl (C=O) groups excluding carboxylic acids is 1. The average Bonchev–Trinajstić information content (AvgIpc) is 3.20. The molecule has 7 heteroatoms. The fourth-order valence-corrected chi connectivity index (χ4v) is 5.17. The number of thioether (sulfide) groups is 1. The topological polar surface area (TPSA) is 62.1 Å². The van der Waals surface area contributed by atoms with Crippen LogP contribution in [-0.2, 0) is 15.3 Å². The molecule has 28 heavy (non-hydrogen) atoms. The zero-order valence-electron chi connectivity index (χ0n) is 15.5. The van der Waals surface area contributed by atoms with Crippen molar-refractivity contribution in [3.63, 3.8) is 0 Å². The molecule has 2 heterocycles. The maximum Gasteiger partial charge on any atom is 0.336 e. The van der Waals surface area contributed by atoms with Crippen LogP contribution in [0.1, 0.15) is 30.2 Å². The lowest BCUT2D eigenvalue weighted by Crippen LogP contribution is -2.29. The number of rotatable bonds is 6. The van der Waals surface area contributed by atoms with Gasteiger partial charge in [0.15, 0.2) is 0 Å². The largest absolute Gasteiger partial charge is 0.463 e. The molecule has 4 nitrogen and oxygen atoms in total. The van der Waals surface area contributed by atoms with Gasteiger partial charge >= 0.3 is 5.97 Å². The van der Waals surface area contributed by atoms with E-state index in [0.717, 1.165) is 16.3 Å². The van der Waals surface area contributed by atoms with Crippen molar-refractivity contribution >= 4 is 40.7 Å². The quantitative estimate of drug-likeness (QED) is 0.605. The van der Waals surface area contributed by atoms with Crippen molar-refractivity contribution in [1.82, 2.24) is 5.32 Å². The summed E-state index contributed by atoms with van der Waals surface area (Å²) in [7, 11) is 0. The summed E-state index contributed by atoms with van der Waals surface area (Å²) in [5, 5.41) is 16.5. The first-order valence-corrected chi connectivity index (χ1v) is 11.0. The summed E-state index contributed by atoms with van der Waals surface area (Å²) >= 11 is 9.67. The third-order valence-corrected chi connectivity index (χ3v) is 6.77. The molecule has 3 rings (SSSR count). The van der Waals surface area contributed by atoms with Crippen LogP contribution < -0.4 is 5.32 Å². The second-order valence-corrected chi connectivity index (χ2v) is 8.49. The SMILES string of the molecule is CCOC(=O)C1=C(C)NC(SCc2cccs2)=C(C#N)[C@H]1c1ccccc1Cl.